The SMILES string of the molecule is Cc1ccc(OCCC(=O)NCc2ccccc2CS(=O)(=O)NC(C)C)cc1C. The fraction of sp³-hybridized carbons (Fsp3) is 0.409. The van der Waals surface area contributed by atoms with E-state index in [2.05, 4.69) is 10.0 Å². The number of carbonyl (C=O) groups excluding carboxylic acids is 1. The van der Waals surface area contributed by atoms with E-state index in [1.54, 1.807) is 26.0 Å². The minimum atomic E-state index is -3.43. The Balaban J connectivity index is 1.86. The zero-order chi connectivity index (χ0) is 21.4. The van der Waals surface area contributed by atoms with Gasteiger partial charge in [0.25, 0.3) is 0 Å². The molecule has 7 heteroatoms. The Kier molecular flexibility index (Phi) is 8.22. The predicted octanol–water partition coefficient (Wildman–Crippen LogP) is 3.22. The Morgan fingerprint density at radius 1 is 1.03 bits per heavy atom. The second-order valence-electron chi connectivity index (χ2n) is 7.42. The third kappa shape index (κ3) is 7.87. The third-order valence-electron chi connectivity index (χ3n) is 4.43. The summed E-state index contributed by atoms with van der Waals surface area (Å²) in [6.07, 6.45) is 0.224. The summed E-state index contributed by atoms with van der Waals surface area (Å²) in [4.78, 5) is 12.1. The molecule has 0 saturated carbocycles. The fourth-order valence-corrected chi connectivity index (χ4v) is 4.32. The molecular weight excluding hydrogens is 388 g/mol. The number of ether oxygens (including phenoxy) is 1. The smallest absolute Gasteiger partial charge is 0.223 e. The monoisotopic (exact) mass is 418 g/mol. The Morgan fingerprint density at radius 2 is 1.72 bits per heavy atom. The van der Waals surface area contributed by atoms with Gasteiger partial charge in [0.05, 0.1) is 18.8 Å². The number of carbonyl (C=O) groups is 1. The molecule has 0 atom stereocenters. The molecule has 29 heavy (non-hydrogen) atoms. The lowest BCUT2D eigenvalue weighted by molar-refractivity contribution is -0.121. The molecule has 0 spiro atoms. The van der Waals surface area contributed by atoms with E-state index in [0.717, 1.165) is 16.9 Å². The molecule has 6 nitrogen and oxygen atoms in total. The van der Waals surface area contributed by atoms with Crippen LogP contribution >= 0.6 is 0 Å². The van der Waals surface area contributed by atoms with Gasteiger partial charge < -0.3 is 10.1 Å². The van der Waals surface area contributed by atoms with Crippen LogP contribution in [0.15, 0.2) is 42.5 Å². The van der Waals surface area contributed by atoms with Crippen LogP contribution in [0.5, 0.6) is 5.75 Å². The molecule has 1 amide bonds. The summed E-state index contributed by atoms with van der Waals surface area (Å²) in [6, 6.07) is 12.9. The topological polar surface area (TPSA) is 84.5 Å². The number of sulfonamides is 1. The van der Waals surface area contributed by atoms with Crippen molar-refractivity contribution >= 4 is 15.9 Å². The number of hydrogen-bond acceptors (Lipinski definition) is 4. The van der Waals surface area contributed by atoms with Gasteiger partial charge in [0.15, 0.2) is 0 Å². The average molecular weight is 419 g/mol. The highest BCUT2D eigenvalue weighted by Gasteiger charge is 2.15. The largest absolute Gasteiger partial charge is 0.493 e. The number of hydrogen-bond donors (Lipinski definition) is 2. The predicted molar refractivity (Wildman–Crippen MR) is 115 cm³/mol. The van der Waals surface area contributed by atoms with Gasteiger partial charge in [-0.25, -0.2) is 13.1 Å². The molecule has 2 aromatic rings. The summed E-state index contributed by atoms with van der Waals surface area (Å²) in [6.45, 7) is 8.17. The molecule has 0 saturated heterocycles. The average Bonchev–Trinajstić information content (AvgIpc) is 2.62. The van der Waals surface area contributed by atoms with Gasteiger partial charge in [-0.3, -0.25) is 4.79 Å². The van der Waals surface area contributed by atoms with Gasteiger partial charge in [-0.2, -0.15) is 0 Å². The van der Waals surface area contributed by atoms with E-state index >= 15 is 0 Å². The lowest BCUT2D eigenvalue weighted by Gasteiger charge is -2.13. The molecule has 158 valence electrons. The van der Waals surface area contributed by atoms with Crippen molar-refractivity contribution in [2.24, 2.45) is 0 Å². The summed E-state index contributed by atoms with van der Waals surface area (Å²) in [5.74, 6) is 0.480. The lowest BCUT2D eigenvalue weighted by atomic mass is 10.1. The maximum atomic E-state index is 12.2. The van der Waals surface area contributed by atoms with Crippen LogP contribution in [-0.2, 0) is 27.1 Å². The van der Waals surface area contributed by atoms with Gasteiger partial charge in [0.1, 0.15) is 5.75 Å². The number of benzene rings is 2. The summed E-state index contributed by atoms with van der Waals surface area (Å²) >= 11 is 0. The molecule has 0 aliphatic heterocycles. The van der Waals surface area contributed by atoms with Gasteiger partial charge in [0.2, 0.25) is 15.9 Å². The standard InChI is InChI=1S/C22H30N2O4S/c1-16(2)24-29(26,27)15-20-8-6-5-7-19(20)14-23-22(25)11-12-28-21-10-9-17(3)18(4)13-21/h5-10,13,16,24H,11-12,14-15H2,1-4H3,(H,23,25). The molecule has 2 N–H and O–H groups in total. The van der Waals surface area contributed by atoms with Crippen LogP contribution in [0.4, 0.5) is 0 Å². The Morgan fingerprint density at radius 3 is 2.38 bits per heavy atom. The zero-order valence-corrected chi connectivity index (χ0v) is 18.3. The van der Waals surface area contributed by atoms with E-state index in [0.29, 0.717) is 5.56 Å². The molecule has 0 unspecified atom stereocenters. The minimum Gasteiger partial charge on any atom is -0.493 e. The molecular formula is C22H30N2O4S. The van der Waals surface area contributed by atoms with Crippen LogP contribution in [0.3, 0.4) is 0 Å². The summed E-state index contributed by atoms with van der Waals surface area (Å²) in [5, 5.41) is 2.84. The van der Waals surface area contributed by atoms with Crippen molar-refractivity contribution in [3.63, 3.8) is 0 Å². The van der Waals surface area contributed by atoms with E-state index in [4.69, 9.17) is 4.74 Å². The maximum Gasteiger partial charge on any atom is 0.223 e. The van der Waals surface area contributed by atoms with Gasteiger partial charge in [-0.15, -0.1) is 0 Å². The van der Waals surface area contributed by atoms with Crippen LogP contribution in [-0.4, -0.2) is 27.0 Å². The van der Waals surface area contributed by atoms with Crippen molar-refractivity contribution < 1.29 is 17.9 Å². The van der Waals surface area contributed by atoms with Crippen molar-refractivity contribution in [1.29, 1.82) is 0 Å². The molecule has 2 aromatic carbocycles. The molecule has 0 aliphatic rings. The highest BCUT2D eigenvalue weighted by molar-refractivity contribution is 7.88. The summed E-state index contributed by atoms with van der Waals surface area (Å²) in [5.41, 5.74) is 3.79. The van der Waals surface area contributed by atoms with E-state index in [1.165, 1.54) is 5.56 Å². The van der Waals surface area contributed by atoms with Crippen LogP contribution in [0.1, 0.15) is 42.5 Å². The van der Waals surface area contributed by atoms with Gasteiger partial charge in [0, 0.05) is 12.6 Å². The molecule has 0 heterocycles. The second kappa shape index (κ2) is 10.4. The number of nitrogens with one attached hydrogen (secondary N) is 2. The van der Waals surface area contributed by atoms with Crippen molar-refractivity contribution in [3.05, 3.63) is 64.7 Å². The van der Waals surface area contributed by atoms with Crippen LogP contribution in [0.2, 0.25) is 0 Å². The van der Waals surface area contributed by atoms with Crippen LogP contribution in [0, 0.1) is 13.8 Å². The lowest BCUT2D eigenvalue weighted by Crippen LogP contribution is -2.32. The molecule has 0 radical (unpaired) electrons. The highest BCUT2D eigenvalue weighted by Crippen LogP contribution is 2.16. The summed E-state index contributed by atoms with van der Waals surface area (Å²) < 4.78 is 32.6. The van der Waals surface area contributed by atoms with Crippen LogP contribution in [0.25, 0.3) is 0 Å². The zero-order valence-electron chi connectivity index (χ0n) is 17.5. The first kappa shape index (κ1) is 22.9. The maximum absolute atomic E-state index is 12.2. The Labute approximate surface area is 173 Å². The number of aryl methyl sites for hydroxylation is 2. The Hall–Kier alpha value is -2.38. The quantitative estimate of drug-likeness (QED) is 0.620. The van der Waals surface area contributed by atoms with Gasteiger partial charge >= 0.3 is 0 Å². The highest BCUT2D eigenvalue weighted by atomic mass is 32.2. The van der Waals surface area contributed by atoms with Crippen molar-refractivity contribution in [1.82, 2.24) is 10.0 Å². The second-order valence-corrected chi connectivity index (χ2v) is 9.18. The van der Waals surface area contributed by atoms with Crippen molar-refractivity contribution in [2.45, 2.75) is 52.5 Å². The summed E-state index contributed by atoms with van der Waals surface area (Å²) in [7, 11) is -3.43. The first-order valence-electron chi connectivity index (χ1n) is 9.70. The molecule has 0 bridgehead atoms. The van der Waals surface area contributed by atoms with Crippen molar-refractivity contribution in [3.8, 4) is 5.75 Å². The fourth-order valence-electron chi connectivity index (χ4n) is 2.82. The van der Waals surface area contributed by atoms with E-state index < -0.39 is 10.0 Å². The Bertz CT molecular complexity index is 940. The minimum absolute atomic E-state index is 0.118. The molecule has 0 fully saturated rings. The molecule has 2 rings (SSSR count). The normalized spacial score (nSPS) is 11.5. The van der Waals surface area contributed by atoms with Gasteiger partial charge in [-0.1, -0.05) is 30.3 Å². The third-order valence-corrected chi connectivity index (χ3v) is 5.95. The first-order valence-corrected chi connectivity index (χ1v) is 11.3. The van der Waals surface area contributed by atoms with E-state index in [-0.39, 0.29) is 37.3 Å². The van der Waals surface area contributed by atoms with Gasteiger partial charge in [-0.05, 0) is 62.1 Å². The molecule has 0 aromatic heterocycles. The van der Waals surface area contributed by atoms with Crippen molar-refractivity contribution in [2.75, 3.05) is 6.61 Å². The van der Waals surface area contributed by atoms with E-state index in [9.17, 15) is 13.2 Å². The number of rotatable bonds is 10. The number of amides is 1. The molecule has 0 aliphatic carbocycles. The van der Waals surface area contributed by atoms with E-state index in [1.807, 2.05) is 44.2 Å². The van der Waals surface area contributed by atoms with Crippen LogP contribution < -0.4 is 14.8 Å². The first-order chi connectivity index (χ1) is 13.7.